The van der Waals surface area contributed by atoms with Gasteiger partial charge in [0.15, 0.2) is 0 Å². The minimum atomic E-state index is 1.03. The summed E-state index contributed by atoms with van der Waals surface area (Å²) in [5.74, 6) is 14.4. The van der Waals surface area contributed by atoms with Crippen LogP contribution in [0.2, 0.25) is 0 Å². The van der Waals surface area contributed by atoms with Crippen LogP contribution in [0.1, 0.15) is 124 Å². The van der Waals surface area contributed by atoms with Crippen molar-refractivity contribution in [1.82, 2.24) is 4.98 Å². The maximum absolute atomic E-state index is 3.96. The molecule has 0 bridgehead atoms. The summed E-state index contributed by atoms with van der Waals surface area (Å²) in [4.78, 5) is 3.96. The van der Waals surface area contributed by atoms with Crippen LogP contribution >= 0.6 is 11.3 Å². The van der Waals surface area contributed by atoms with Gasteiger partial charge in [-0.2, -0.15) is 0 Å². The van der Waals surface area contributed by atoms with Gasteiger partial charge < -0.3 is 4.98 Å². The van der Waals surface area contributed by atoms with Gasteiger partial charge in [-0.25, -0.2) is 0 Å². The van der Waals surface area contributed by atoms with Crippen molar-refractivity contribution >= 4 is 64.1 Å². The highest BCUT2D eigenvalue weighted by molar-refractivity contribution is 7.26. The minimum absolute atomic E-state index is 1.03. The first-order valence-corrected chi connectivity index (χ1v) is 22.0. The van der Waals surface area contributed by atoms with E-state index in [9.17, 15) is 0 Å². The first kappa shape index (κ1) is 37.6. The molecule has 1 nitrogen and oxygen atoms in total. The number of hydrogen-bond acceptors (Lipinski definition) is 1. The lowest BCUT2D eigenvalue weighted by atomic mass is 9.95. The van der Waals surface area contributed by atoms with E-state index in [1.54, 1.807) is 0 Å². The van der Waals surface area contributed by atoms with E-state index < -0.39 is 0 Å². The average molecular weight is 748 g/mol. The molecule has 8 aromatic rings. The topological polar surface area (TPSA) is 15.8 Å². The van der Waals surface area contributed by atoms with Crippen molar-refractivity contribution in [1.29, 1.82) is 0 Å². The van der Waals surface area contributed by atoms with Crippen LogP contribution in [0.25, 0.3) is 52.8 Å². The third-order valence-electron chi connectivity index (χ3n) is 11.4. The predicted octanol–water partition coefficient (Wildman–Crippen LogP) is 15.4. The fourth-order valence-corrected chi connectivity index (χ4v) is 9.67. The van der Waals surface area contributed by atoms with Gasteiger partial charge in [0.2, 0.25) is 0 Å². The van der Waals surface area contributed by atoms with Crippen LogP contribution in [0.15, 0.2) is 109 Å². The highest BCUT2D eigenvalue weighted by atomic mass is 32.1. The standard InChI is InChI=1S/C54H53NS/c1-3-5-7-9-11-15-25-41-29-33-45-49(35-41)55-53-47-37-44(32-28-40-23-19-14-20-24-40)52-46-34-30-42(26-16-12-10-8-6-4-2)36-50(46)56-54(52)48(47)38-43(51(45)53)31-27-39-21-17-13-18-22-39/h13-14,17-24,29-30,33-38,55H,3-12,15-16,25-26H2,1-2H3. The Morgan fingerprint density at radius 3 is 1.62 bits per heavy atom. The van der Waals surface area contributed by atoms with Crippen molar-refractivity contribution in [2.75, 3.05) is 0 Å². The number of aromatic amines is 1. The highest BCUT2D eigenvalue weighted by Crippen LogP contribution is 2.44. The molecule has 0 aliphatic rings. The fourth-order valence-electron chi connectivity index (χ4n) is 8.36. The van der Waals surface area contributed by atoms with E-state index in [0.717, 1.165) is 40.6 Å². The summed E-state index contributed by atoms with van der Waals surface area (Å²) in [5.41, 5.74) is 9.38. The molecule has 0 atom stereocenters. The van der Waals surface area contributed by atoms with Gasteiger partial charge in [-0.15, -0.1) is 11.3 Å². The summed E-state index contributed by atoms with van der Waals surface area (Å²) in [5, 5.41) is 7.44. The molecule has 2 heteroatoms. The van der Waals surface area contributed by atoms with Gasteiger partial charge >= 0.3 is 0 Å². The molecular weight excluding hydrogens is 695 g/mol. The molecule has 6 aromatic carbocycles. The summed E-state index contributed by atoms with van der Waals surface area (Å²) in [6, 6.07) is 39.7. The van der Waals surface area contributed by atoms with E-state index in [0.29, 0.717) is 0 Å². The highest BCUT2D eigenvalue weighted by Gasteiger charge is 2.19. The second-order valence-electron chi connectivity index (χ2n) is 15.6. The Labute approximate surface area is 337 Å². The molecule has 2 heterocycles. The van der Waals surface area contributed by atoms with Crippen molar-refractivity contribution in [3.63, 3.8) is 0 Å². The van der Waals surface area contributed by atoms with Gasteiger partial charge in [-0.3, -0.25) is 0 Å². The predicted molar refractivity (Wildman–Crippen MR) is 245 cm³/mol. The SMILES string of the molecule is CCCCCCCCc1ccc2c(c1)[nH]c1c3cc(C#Cc4ccccc4)c4c5ccc(CCCCCCCC)cc5sc4c3cc(C#Cc3ccccc3)c21. The number of aromatic nitrogens is 1. The van der Waals surface area contributed by atoms with Gasteiger partial charge in [-0.1, -0.05) is 162 Å². The van der Waals surface area contributed by atoms with Gasteiger partial charge in [0, 0.05) is 69.5 Å². The molecule has 0 spiro atoms. The Morgan fingerprint density at radius 1 is 0.464 bits per heavy atom. The summed E-state index contributed by atoms with van der Waals surface area (Å²) >= 11 is 1.92. The molecule has 8 rings (SSSR count). The Kier molecular flexibility index (Phi) is 12.2. The van der Waals surface area contributed by atoms with Crippen molar-refractivity contribution in [2.24, 2.45) is 0 Å². The third-order valence-corrected chi connectivity index (χ3v) is 12.6. The van der Waals surface area contributed by atoms with Gasteiger partial charge in [0.05, 0.1) is 5.52 Å². The second-order valence-corrected chi connectivity index (χ2v) is 16.7. The zero-order valence-electron chi connectivity index (χ0n) is 33.2. The van der Waals surface area contributed by atoms with E-state index in [1.165, 1.54) is 135 Å². The van der Waals surface area contributed by atoms with Crippen LogP contribution in [-0.2, 0) is 12.8 Å². The van der Waals surface area contributed by atoms with E-state index in [-0.39, 0.29) is 0 Å². The molecular formula is C54H53NS. The Balaban J connectivity index is 1.29. The maximum atomic E-state index is 3.96. The molecule has 0 radical (unpaired) electrons. The number of aryl methyl sites for hydroxylation is 2. The molecule has 0 aliphatic carbocycles. The number of thiophene rings is 1. The first-order valence-electron chi connectivity index (χ1n) is 21.2. The number of rotatable bonds is 14. The third kappa shape index (κ3) is 8.43. The summed E-state index contributed by atoms with van der Waals surface area (Å²) in [6.07, 6.45) is 18.0. The number of H-pyrrole nitrogens is 1. The van der Waals surface area contributed by atoms with Crippen LogP contribution in [0.3, 0.4) is 0 Å². The number of hydrogen-bond donors (Lipinski definition) is 1. The van der Waals surface area contributed by atoms with E-state index in [1.807, 2.05) is 11.3 Å². The maximum Gasteiger partial charge on any atom is 0.0558 e. The molecule has 0 fully saturated rings. The zero-order chi connectivity index (χ0) is 38.1. The lowest BCUT2D eigenvalue weighted by Gasteiger charge is -2.08. The molecule has 0 unspecified atom stereocenters. The van der Waals surface area contributed by atoms with Crippen LogP contribution in [0.4, 0.5) is 0 Å². The van der Waals surface area contributed by atoms with Crippen molar-refractivity contribution in [2.45, 2.75) is 104 Å². The van der Waals surface area contributed by atoms with E-state index in [2.05, 4.69) is 152 Å². The average Bonchev–Trinajstić information content (AvgIpc) is 3.82. The molecule has 0 aliphatic heterocycles. The first-order chi connectivity index (χ1) is 27.7. The Hall–Kier alpha value is -5.28. The zero-order valence-corrected chi connectivity index (χ0v) is 34.0. The fraction of sp³-hybridized carbons (Fsp3) is 0.296. The summed E-state index contributed by atoms with van der Waals surface area (Å²) in [7, 11) is 0. The van der Waals surface area contributed by atoms with Crippen LogP contribution in [0.5, 0.6) is 0 Å². The summed E-state index contributed by atoms with van der Waals surface area (Å²) < 4.78 is 2.63. The van der Waals surface area contributed by atoms with Crippen molar-refractivity contribution in [3.8, 4) is 23.7 Å². The van der Waals surface area contributed by atoms with Crippen LogP contribution < -0.4 is 0 Å². The number of benzene rings is 6. The van der Waals surface area contributed by atoms with Crippen LogP contribution in [-0.4, -0.2) is 4.98 Å². The molecule has 0 amide bonds. The van der Waals surface area contributed by atoms with Gasteiger partial charge in [-0.05, 0) is 85.3 Å². The van der Waals surface area contributed by atoms with Gasteiger partial charge in [0.25, 0.3) is 0 Å². The molecule has 56 heavy (non-hydrogen) atoms. The van der Waals surface area contributed by atoms with Crippen LogP contribution in [0, 0.1) is 23.7 Å². The van der Waals surface area contributed by atoms with Gasteiger partial charge in [0.1, 0.15) is 0 Å². The smallest absolute Gasteiger partial charge is 0.0558 e. The number of nitrogens with one attached hydrogen (secondary N) is 1. The molecule has 280 valence electrons. The lowest BCUT2D eigenvalue weighted by molar-refractivity contribution is 0.607. The van der Waals surface area contributed by atoms with E-state index >= 15 is 0 Å². The second kappa shape index (κ2) is 18.1. The molecule has 1 N–H and O–H groups in total. The normalized spacial score (nSPS) is 11.4. The van der Waals surface area contributed by atoms with Crippen molar-refractivity contribution < 1.29 is 0 Å². The Bertz CT molecular complexity index is 2530. The van der Waals surface area contributed by atoms with E-state index in [4.69, 9.17) is 0 Å². The quantitative estimate of drug-likeness (QED) is 0.0842. The number of fused-ring (bicyclic) bond motifs is 9. The minimum Gasteiger partial charge on any atom is -0.354 e. The molecule has 2 aromatic heterocycles. The largest absolute Gasteiger partial charge is 0.354 e. The lowest BCUT2D eigenvalue weighted by Crippen LogP contribution is -1.87. The molecule has 0 saturated heterocycles. The monoisotopic (exact) mass is 747 g/mol. The summed E-state index contributed by atoms with van der Waals surface area (Å²) in [6.45, 7) is 4.57. The molecule has 0 saturated carbocycles. The van der Waals surface area contributed by atoms with Crippen molar-refractivity contribution in [3.05, 3.63) is 143 Å². The number of unbranched alkanes of at least 4 members (excludes halogenated alkanes) is 10. The Morgan fingerprint density at radius 2 is 1.00 bits per heavy atom.